The van der Waals surface area contributed by atoms with Gasteiger partial charge in [0.05, 0.1) is 29.3 Å². The van der Waals surface area contributed by atoms with Crippen LogP contribution in [-0.4, -0.2) is 18.1 Å². The minimum atomic E-state index is -3.45. The summed E-state index contributed by atoms with van der Waals surface area (Å²) in [6, 6.07) is 1.76. The van der Waals surface area contributed by atoms with Crippen molar-refractivity contribution in [2.24, 2.45) is 0 Å². The second-order valence-corrected chi connectivity index (χ2v) is 6.22. The van der Waals surface area contributed by atoms with Crippen molar-refractivity contribution < 1.29 is 22.9 Å². The third-order valence-electron chi connectivity index (χ3n) is 2.33. The highest BCUT2D eigenvalue weighted by atomic mass is 35.5. The molecule has 0 aromatic heterocycles. The molecule has 0 aliphatic rings. The van der Waals surface area contributed by atoms with Gasteiger partial charge in [-0.1, -0.05) is 11.6 Å². The van der Waals surface area contributed by atoms with Gasteiger partial charge in [-0.05, 0) is 25.5 Å². The van der Waals surface area contributed by atoms with E-state index in [4.69, 9.17) is 20.6 Å². The molecule has 0 saturated heterocycles. The van der Waals surface area contributed by atoms with E-state index < -0.39 is 24.0 Å². The van der Waals surface area contributed by atoms with Crippen molar-refractivity contribution >= 4 is 24.9 Å². The summed E-state index contributed by atoms with van der Waals surface area (Å²) in [5.41, 5.74) is -0.596. The number of nitro groups is 1. The van der Waals surface area contributed by atoms with Crippen molar-refractivity contribution in [2.75, 3.05) is 13.2 Å². The molecule has 1 rings (SSSR count). The fraction of sp³-hybridized carbons (Fsp3) is 0.455. The summed E-state index contributed by atoms with van der Waals surface area (Å²) in [5.74, 6) is -1.05. The van der Waals surface area contributed by atoms with Gasteiger partial charge >= 0.3 is 13.3 Å². The lowest BCUT2D eigenvalue weighted by molar-refractivity contribution is -0.387. The molecule has 9 heteroatoms. The Labute approximate surface area is 120 Å². The van der Waals surface area contributed by atoms with Crippen LogP contribution in [0, 0.1) is 15.9 Å². The van der Waals surface area contributed by atoms with Crippen LogP contribution in [0.1, 0.15) is 19.4 Å². The quantitative estimate of drug-likeness (QED) is 0.427. The molecule has 1 aromatic rings. The van der Waals surface area contributed by atoms with Crippen molar-refractivity contribution in [1.29, 1.82) is 0 Å². The summed E-state index contributed by atoms with van der Waals surface area (Å²) >= 11 is 5.85. The maximum atomic E-state index is 13.6. The molecule has 0 radical (unpaired) electrons. The van der Waals surface area contributed by atoms with E-state index >= 15 is 0 Å². The lowest BCUT2D eigenvalue weighted by Crippen LogP contribution is -2.01. The van der Waals surface area contributed by atoms with Gasteiger partial charge in [0, 0.05) is 6.07 Å². The highest BCUT2D eigenvalue weighted by Gasteiger charge is 2.27. The molecule has 0 unspecified atom stereocenters. The summed E-state index contributed by atoms with van der Waals surface area (Å²) in [4.78, 5) is 9.70. The van der Waals surface area contributed by atoms with Crippen LogP contribution in [0.25, 0.3) is 0 Å². The smallest absolute Gasteiger partial charge is 0.309 e. The van der Waals surface area contributed by atoms with Crippen molar-refractivity contribution in [1.82, 2.24) is 0 Å². The van der Waals surface area contributed by atoms with E-state index in [9.17, 15) is 19.1 Å². The van der Waals surface area contributed by atoms with Gasteiger partial charge < -0.3 is 9.05 Å². The van der Waals surface area contributed by atoms with E-state index in [1.54, 1.807) is 13.8 Å². The molecular formula is C11H14ClFNO5P. The maximum Gasteiger partial charge on any atom is 0.335 e. The standard InChI is InChI=1S/C11H14ClFNO5P/c1-3-18-20(17,19-4-2)7-8-5-10(13)11(14(15)16)6-9(8)12/h5-6H,3-4,7H2,1-2H3. The topological polar surface area (TPSA) is 78.7 Å². The number of hydrogen-bond acceptors (Lipinski definition) is 5. The van der Waals surface area contributed by atoms with Crippen molar-refractivity contribution in [3.05, 3.63) is 38.7 Å². The average Bonchev–Trinajstić information content (AvgIpc) is 2.33. The fourth-order valence-electron chi connectivity index (χ4n) is 1.57. The van der Waals surface area contributed by atoms with E-state index in [0.717, 1.165) is 12.1 Å². The Bertz CT molecular complexity index is 544. The predicted octanol–water partition coefficient (Wildman–Crippen LogP) is 4.15. The van der Waals surface area contributed by atoms with E-state index in [1.807, 2.05) is 0 Å². The Morgan fingerprint density at radius 3 is 2.35 bits per heavy atom. The summed E-state index contributed by atoms with van der Waals surface area (Å²) in [6.07, 6.45) is -0.248. The van der Waals surface area contributed by atoms with Crippen LogP contribution in [0.2, 0.25) is 5.02 Å². The number of benzene rings is 1. The largest absolute Gasteiger partial charge is 0.335 e. The minimum absolute atomic E-state index is 0.0577. The van der Waals surface area contributed by atoms with Gasteiger partial charge in [-0.2, -0.15) is 4.39 Å². The van der Waals surface area contributed by atoms with Crippen LogP contribution in [-0.2, 0) is 19.8 Å². The lowest BCUT2D eigenvalue weighted by atomic mass is 10.2. The van der Waals surface area contributed by atoms with Gasteiger partial charge in [0.25, 0.3) is 0 Å². The predicted molar refractivity (Wildman–Crippen MR) is 72.6 cm³/mol. The third-order valence-corrected chi connectivity index (χ3v) is 4.71. The highest BCUT2D eigenvalue weighted by molar-refractivity contribution is 7.53. The van der Waals surface area contributed by atoms with Crippen molar-refractivity contribution in [2.45, 2.75) is 20.0 Å². The molecule has 0 amide bonds. The Morgan fingerprint density at radius 2 is 1.90 bits per heavy atom. The zero-order valence-corrected chi connectivity index (χ0v) is 12.6. The minimum Gasteiger partial charge on any atom is -0.309 e. The Hall–Kier alpha value is -1.01. The van der Waals surface area contributed by atoms with E-state index in [1.165, 1.54) is 0 Å². The summed E-state index contributed by atoms with van der Waals surface area (Å²) in [5, 5.41) is 10.5. The van der Waals surface area contributed by atoms with Crippen LogP contribution in [0.15, 0.2) is 12.1 Å². The molecule has 0 N–H and O–H groups in total. The second kappa shape index (κ2) is 7.13. The van der Waals surface area contributed by atoms with Crippen LogP contribution >= 0.6 is 19.2 Å². The van der Waals surface area contributed by atoms with E-state index in [0.29, 0.717) is 0 Å². The van der Waals surface area contributed by atoms with Crippen LogP contribution in [0.4, 0.5) is 10.1 Å². The molecular weight excluding hydrogens is 312 g/mol. The summed E-state index contributed by atoms with van der Waals surface area (Å²) in [7, 11) is -3.45. The van der Waals surface area contributed by atoms with Crippen LogP contribution in [0.5, 0.6) is 0 Å². The first-order chi connectivity index (χ1) is 9.33. The molecule has 0 fully saturated rings. The highest BCUT2D eigenvalue weighted by Crippen LogP contribution is 2.52. The molecule has 112 valence electrons. The molecule has 6 nitrogen and oxygen atoms in total. The lowest BCUT2D eigenvalue weighted by Gasteiger charge is -2.17. The van der Waals surface area contributed by atoms with Gasteiger partial charge in [0.2, 0.25) is 5.82 Å². The van der Waals surface area contributed by atoms with Crippen molar-refractivity contribution in [3.63, 3.8) is 0 Å². The zero-order valence-electron chi connectivity index (χ0n) is 11.0. The van der Waals surface area contributed by atoms with Gasteiger partial charge in [-0.25, -0.2) is 0 Å². The number of nitro benzene ring substituents is 1. The third kappa shape index (κ3) is 4.24. The van der Waals surface area contributed by atoms with E-state index in [2.05, 4.69) is 0 Å². The second-order valence-electron chi connectivity index (χ2n) is 3.76. The first-order valence-electron chi connectivity index (χ1n) is 5.83. The monoisotopic (exact) mass is 325 g/mol. The first kappa shape index (κ1) is 17.0. The van der Waals surface area contributed by atoms with Gasteiger partial charge in [-0.15, -0.1) is 0 Å². The van der Waals surface area contributed by atoms with Crippen LogP contribution in [0.3, 0.4) is 0 Å². The maximum absolute atomic E-state index is 13.6. The van der Waals surface area contributed by atoms with Gasteiger partial charge in [0.1, 0.15) is 0 Å². The van der Waals surface area contributed by atoms with Gasteiger partial charge in [-0.3, -0.25) is 14.7 Å². The molecule has 0 saturated carbocycles. The molecule has 1 aromatic carbocycles. The number of hydrogen-bond donors (Lipinski definition) is 0. The Balaban J connectivity index is 3.11. The van der Waals surface area contributed by atoms with Crippen LogP contribution < -0.4 is 0 Å². The molecule has 0 bridgehead atoms. The summed E-state index contributed by atoms with van der Waals surface area (Å²) < 4.78 is 36.0. The number of nitrogens with zero attached hydrogens (tertiary/aromatic N) is 1. The first-order valence-corrected chi connectivity index (χ1v) is 7.94. The molecule has 0 heterocycles. The molecule has 0 spiro atoms. The molecule has 20 heavy (non-hydrogen) atoms. The molecule has 0 aliphatic heterocycles. The molecule has 0 aliphatic carbocycles. The Morgan fingerprint density at radius 1 is 1.35 bits per heavy atom. The summed E-state index contributed by atoms with van der Waals surface area (Å²) in [6.45, 7) is 3.60. The number of halogens is 2. The SMILES string of the molecule is CCOP(=O)(Cc1cc(F)c([N+](=O)[O-])cc1Cl)OCC. The van der Waals surface area contributed by atoms with Gasteiger partial charge in [0.15, 0.2) is 0 Å². The molecule has 0 atom stereocenters. The van der Waals surface area contributed by atoms with Crippen molar-refractivity contribution in [3.8, 4) is 0 Å². The zero-order chi connectivity index (χ0) is 15.3. The van der Waals surface area contributed by atoms with E-state index in [-0.39, 0.29) is 30.0 Å². The number of rotatable bonds is 7. The normalized spacial score (nSPS) is 11.6. The average molecular weight is 326 g/mol. The Kier molecular flexibility index (Phi) is 6.07. The fourth-order valence-corrected chi connectivity index (χ4v) is 3.61.